The highest BCUT2D eigenvalue weighted by molar-refractivity contribution is 7.98. The molecule has 8 heteroatoms. The van der Waals surface area contributed by atoms with Crippen molar-refractivity contribution in [1.29, 1.82) is 0 Å². The van der Waals surface area contributed by atoms with Crippen LogP contribution in [-0.4, -0.2) is 27.3 Å². The summed E-state index contributed by atoms with van der Waals surface area (Å²) in [5.41, 5.74) is 1.90. The number of ether oxygens (including phenoxy) is 1. The molecule has 0 aliphatic carbocycles. The smallest absolute Gasteiger partial charge is 0.247 e. The van der Waals surface area contributed by atoms with Gasteiger partial charge in [0, 0.05) is 17.5 Å². The van der Waals surface area contributed by atoms with Gasteiger partial charge in [-0.15, -0.1) is 10.2 Å². The molecular formula is C20H17FN4O2S. The molecule has 28 heavy (non-hydrogen) atoms. The number of carbonyl (C=O) groups is 1. The van der Waals surface area contributed by atoms with Crippen molar-refractivity contribution < 1.29 is 13.9 Å². The minimum Gasteiger partial charge on any atom is -0.447 e. The zero-order chi connectivity index (χ0) is 19.7. The zero-order valence-electron chi connectivity index (χ0n) is 15.3. The number of halogens is 1. The van der Waals surface area contributed by atoms with Gasteiger partial charge in [-0.3, -0.25) is 9.69 Å². The first-order valence-corrected chi connectivity index (χ1v) is 9.97. The number of hydrogen-bond acceptors (Lipinski definition) is 6. The van der Waals surface area contributed by atoms with Crippen LogP contribution in [0.15, 0.2) is 53.7 Å². The van der Waals surface area contributed by atoms with Crippen molar-refractivity contribution in [1.82, 2.24) is 15.2 Å². The number of benzene rings is 2. The number of para-hydroxylation sites is 1. The van der Waals surface area contributed by atoms with E-state index in [0.29, 0.717) is 22.1 Å². The third-order valence-electron chi connectivity index (χ3n) is 4.44. The van der Waals surface area contributed by atoms with Crippen LogP contribution in [-0.2, 0) is 4.79 Å². The highest BCUT2D eigenvalue weighted by atomic mass is 32.2. The van der Waals surface area contributed by atoms with Gasteiger partial charge in [-0.1, -0.05) is 55.1 Å². The Kier molecular flexibility index (Phi) is 4.95. The molecule has 0 radical (unpaired) electrons. The van der Waals surface area contributed by atoms with Crippen molar-refractivity contribution in [2.24, 2.45) is 0 Å². The number of hydrogen-bond donors (Lipinski definition) is 0. The number of nitrogens with zero attached hydrogens (tertiary/aromatic N) is 4. The van der Waals surface area contributed by atoms with Crippen molar-refractivity contribution in [3.05, 3.63) is 59.9 Å². The lowest BCUT2D eigenvalue weighted by atomic mass is 10.1. The molecule has 1 aliphatic heterocycles. The molecule has 142 valence electrons. The molecule has 3 aromatic rings. The lowest BCUT2D eigenvalue weighted by Crippen LogP contribution is -2.37. The van der Waals surface area contributed by atoms with E-state index in [-0.39, 0.29) is 23.8 Å². The molecule has 1 aromatic heterocycles. The van der Waals surface area contributed by atoms with Gasteiger partial charge in [-0.2, -0.15) is 4.98 Å². The van der Waals surface area contributed by atoms with Crippen molar-refractivity contribution in [3.63, 3.8) is 0 Å². The molecule has 1 atom stereocenters. The second-order valence-electron chi connectivity index (χ2n) is 6.08. The molecule has 4 rings (SSSR count). The predicted molar refractivity (Wildman–Crippen MR) is 105 cm³/mol. The minimum atomic E-state index is -1.01. The standard InChI is InChI=1S/C20H17FN4O2S/c1-3-16(26)25-15-11-7-5-9-13(15)17-18(22-20(28-2)24-23-17)27-19(25)12-8-4-6-10-14(12)21/h4-11,19H,3H2,1-2H3/t19-/m1/s1. The third-order valence-corrected chi connectivity index (χ3v) is 4.97. The molecule has 0 fully saturated rings. The van der Waals surface area contributed by atoms with Gasteiger partial charge in [0.15, 0.2) is 5.69 Å². The molecular weight excluding hydrogens is 379 g/mol. The monoisotopic (exact) mass is 396 g/mol. The molecule has 0 saturated carbocycles. The summed E-state index contributed by atoms with van der Waals surface area (Å²) in [6, 6.07) is 13.5. The number of aromatic nitrogens is 3. The van der Waals surface area contributed by atoms with E-state index in [0.717, 1.165) is 0 Å². The average molecular weight is 396 g/mol. The van der Waals surface area contributed by atoms with Crippen LogP contribution in [0.2, 0.25) is 0 Å². The quantitative estimate of drug-likeness (QED) is 0.617. The summed E-state index contributed by atoms with van der Waals surface area (Å²) >= 11 is 1.32. The minimum absolute atomic E-state index is 0.202. The van der Waals surface area contributed by atoms with Crippen LogP contribution in [0.25, 0.3) is 11.3 Å². The van der Waals surface area contributed by atoms with Crippen LogP contribution in [0, 0.1) is 5.82 Å². The summed E-state index contributed by atoms with van der Waals surface area (Å²) in [6.07, 6.45) is 1.05. The summed E-state index contributed by atoms with van der Waals surface area (Å²) in [6.45, 7) is 1.76. The second-order valence-corrected chi connectivity index (χ2v) is 6.85. The van der Waals surface area contributed by atoms with Gasteiger partial charge in [-0.05, 0) is 18.4 Å². The molecule has 0 bridgehead atoms. The topological polar surface area (TPSA) is 68.2 Å². The number of fused-ring (bicyclic) bond motifs is 3. The molecule has 1 amide bonds. The van der Waals surface area contributed by atoms with Crippen molar-refractivity contribution in [3.8, 4) is 17.1 Å². The van der Waals surface area contributed by atoms with Crippen molar-refractivity contribution in [2.45, 2.75) is 24.7 Å². The van der Waals surface area contributed by atoms with Gasteiger partial charge >= 0.3 is 0 Å². The highest BCUT2D eigenvalue weighted by Crippen LogP contribution is 2.43. The number of carbonyl (C=O) groups excluding carboxylic acids is 1. The maximum absolute atomic E-state index is 14.7. The van der Waals surface area contributed by atoms with Crippen LogP contribution in [0.3, 0.4) is 0 Å². The Morgan fingerprint density at radius 2 is 1.93 bits per heavy atom. The van der Waals surface area contributed by atoms with E-state index >= 15 is 0 Å². The molecule has 2 aromatic carbocycles. The average Bonchev–Trinajstić information content (AvgIpc) is 2.87. The Bertz CT molecular complexity index is 1050. The first-order chi connectivity index (χ1) is 13.6. The SMILES string of the molecule is CCC(=O)N1c2ccccc2-c2nnc(SC)nc2O[C@@H]1c1ccccc1F. The van der Waals surface area contributed by atoms with Crippen LogP contribution in [0.1, 0.15) is 25.1 Å². The Morgan fingerprint density at radius 3 is 2.68 bits per heavy atom. The van der Waals surface area contributed by atoms with E-state index in [1.54, 1.807) is 31.2 Å². The number of thioether (sulfide) groups is 1. The van der Waals surface area contributed by atoms with E-state index in [4.69, 9.17) is 4.74 Å². The predicted octanol–water partition coefficient (Wildman–Crippen LogP) is 4.23. The van der Waals surface area contributed by atoms with Gasteiger partial charge in [0.05, 0.1) is 5.69 Å². The van der Waals surface area contributed by atoms with E-state index in [1.165, 1.54) is 22.7 Å². The molecule has 2 heterocycles. The maximum atomic E-state index is 14.7. The fourth-order valence-electron chi connectivity index (χ4n) is 3.12. The first kappa shape index (κ1) is 18.4. The van der Waals surface area contributed by atoms with Gasteiger partial charge < -0.3 is 4.74 Å². The van der Waals surface area contributed by atoms with Gasteiger partial charge in [0.25, 0.3) is 0 Å². The lowest BCUT2D eigenvalue weighted by molar-refractivity contribution is -0.120. The van der Waals surface area contributed by atoms with Gasteiger partial charge in [0.1, 0.15) is 5.82 Å². The van der Waals surface area contributed by atoms with Crippen LogP contribution < -0.4 is 9.64 Å². The Hall–Kier alpha value is -3.00. The fraction of sp³-hybridized carbons (Fsp3) is 0.200. The third kappa shape index (κ3) is 3.09. The zero-order valence-corrected chi connectivity index (χ0v) is 16.1. The molecule has 0 saturated heterocycles. The largest absolute Gasteiger partial charge is 0.447 e. The molecule has 0 spiro atoms. The van der Waals surface area contributed by atoms with Gasteiger partial charge in [0.2, 0.25) is 23.2 Å². The summed E-state index contributed by atoms with van der Waals surface area (Å²) in [5.74, 6) is -0.451. The highest BCUT2D eigenvalue weighted by Gasteiger charge is 2.36. The first-order valence-electron chi connectivity index (χ1n) is 8.75. The van der Waals surface area contributed by atoms with E-state index in [9.17, 15) is 9.18 Å². The van der Waals surface area contributed by atoms with Crippen molar-refractivity contribution >= 4 is 23.4 Å². The molecule has 6 nitrogen and oxygen atoms in total. The molecule has 1 aliphatic rings. The number of anilines is 1. The van der Waals surface area contributed by atoms with Crippen LogP contribution in [0.5, 0.6) is 5.88 Å². The van der Waals surface area contributed by atoms with E-state index in [1.807, 2.05) is 24.5 Å². The molecule has 0 unspecified atom stereocenters. The summed E-state index contributed by atoms with van der Waals surface area (Å²) in [5, 5.41) is 8.80. The Morgan fingerprint density at radius 1 is 1.18 bits per heavy atom. The Balaban J connectivity index is 2.00. The van der Waals surface area contributed by atoms with E-state index in [2.05, 4.69) is 15.2 Å². The number of amides is 1. The lowest BCUT2D eigenvalue weighted by Gasteiger charge is -2.30. The summed E-state index contributed by atoms with van der Waals surface area (Å²) < 4.78 is 20.8. The van der Waals surface area contributed by atoms with Crippen LogP contribution in [0.4, 0.5) is 10.1 Å². The van der Waals surface area contributed by atoms with E-state index < -0.39 is 12.0 Å². The molecule has 0 N–H and O–H groups in total. The maximum Gasteiger partial charge on any atom is 0.247 e. The Labute approximate surface area is 165 Å². The van der Waals surface area contributed by atoms with Gasteiger partial charge in [-0.25, -0.2) is 4.39 Å². The fourth-order valence-corrected chi connectivity index (χ4v) is 3.41. The van der Waals surface area contributed by atoms with Crippen LogP contribution >= 0.6 is 11.8 Å². The second kappa shape index (κ2) is 7.55. The van der Waals surface area contributed by atoms with Crippen molar-refractivity contribution in [2.75, 3.05) is 11.2 Å². The summed E-state index contributed by atoms with van der Waals surface area (Å²) in [4.78, 5) is 18.8. The summed E-state index contributed by atoms with van der Waals surface area (Å²) in [7, 11) is 0. The normalized spacial score (nSPS) is 15.2. The number of rotatable bonds is 3.